The summed E-state index contributed by atoms with van der Waals surface area (Å²) in [7, 11) is -2.31. The van der Waals surface area contributed by atoms with Gasteiger partial charge in [-0.2, -0.15) is 21.0 Å². The number of hydrogen-bond acceptors (Lipinski definition) is 6. The minimum atomic E-state index is -4.02. The second-order valence-electron chi connectivity index (χ2n) is 5.41. The van der Waals surface area contributed by atoms with Crippen LogP contribution in [0.3, 0.4) is 0 Å². The Bertz CT molecular complexity index is 773. The molecule has 2 rings (SSSR count). The highest BCUT2D eigenvalue weighted by molar-refractivity contribution is 7.85. The lowest BCUT2D eigenvalue weighted by molar-refractivity contribution is -0.146. The third-order valence-corrected chi connectivity index (χ3v) is 4.59. The minimum absolute atomic E-state index is 0.0666. The number of ether oxygens (including phenoxy) is 1. The van der Waals surface area contributed by atoms with Gasteiger partial charge in [0.05, 0.1) is 4.90 Å². The minimum Gasteiger partial charge on any atom is -0.460 e. The molecule has 26 heavy (non-hydrogen) atoms. The lowest BCUT2D eigenvalue weighted by Crippen LogP contribution is -2.36. The lowest BCUT2D eigenvalue weighted by Gasteiger charge is -2.12. The number of carbonyl (C=O) groups excluding carboxylic acids is 1. The quantitative estimate of drug-likeness (QED) is 0.394. The van der Waals surface area contributed by atoms with Gasteiger partial charge in [-0.1, -0.05) is 48.0 Å². The predicted molar refractivity (Wildman–Crippen MR) is 104 cm³/mol. The van der Waals surface area contributed by atoms with Crippen molar-refractivity contribution in [2.45, 2.75) is 24.5 Å². The number of thiol groups is 1. The highest BCUT2D eigenvalue weighted by atomic mass is 32.2. The molecule has 0 amide bonds. The zero-order chi connectivity index (χ0) is 19.6. The summed E-state index contributed by atoms with van der Waals surface area (Å²) >= 11 is 4.05. The van der Waals surface area contributed by atoms with E-state index in [9.17, 15) is 13.2 Å². The van der Waals surface area contributed by atoms with Crippen LogP contribution in [0.5, 0.6) is 0 Å². The van der Waals surface area contributed by atoms with E-state index in [1.165, 1.54) is 12.1 Å². The standard InChI is InChI=1S/C11H15NO2S.C7H8O3S/c1-12-10(8-15)11(13)14-7-9-5-3-2-4-6-9;1-6-2-4-7(5-3-6)11(8,9)10/h2-6,10,12,15H,7-8H2,1H3;2-5H,1H3,(H,8,9,10)/t10-;/m0./s1. The summed E-state index contributed by atoms with van der Waals surface area (Å²) in [5, 5.41) is 2.84. The molecule has 0 aliphatic rings. The average Bonchev–Trinajstić information content (AvgIpc) is 2.62. The first-order valence-corrected chi connectivity index (χ1v) is 9.88. The third-order valence-electron chi connectivity index (χ3n) is 3.36. The molecule has 1 atom stereocenters. The molecule has 0 spiro atoms. The number of hydrogen-bond donors (Lipinski definition) is 3. The van der Waals surface area contributed by atoms with E-state index in [-0.39, 0.29) is 16.9 Å². The van der Waals surface area contributed by atoms with Gasteiger partial charge in [0.15, 0.2) is 0 Å². The maximum atomic E-state index is 11.4. The number of carbonyl (C=O) groups is 1. The van der Waals surface area contributed by atoms with Crippen molar-refractivity contribution in [1.82, 2.24) is 5.32 Å². The van der Waals surface area contributed by atoms with Gasteiger partial charge in [0.2, 0.25) is 0 Å². The van der Waals surface area contributed by atoms with E-state index in [4.69, 9.17) is 9.29 Å². The number of esters is 1. The fourth-order valence-corrected chi connectivity index (χ4v) is 2.63. The molecular weight excluding hydrogens is 374 g/mol. The maximum Gasteiger partial charge on any atom is 0.324 e. The molecule has 8 heteroatoms. The van der Waals surface area contributed by atoms with Crippen molar-refractivity contribution >= 4 is 28.7 Å². The van der Waals surface area contributed by atoms with Gasteiger partial charge in [0, 0.05) is 5.75 Å². The van der Waals surface area contributed by atoms with Gasteiger partial charge in [-0.15, -0.1) is 0 Å². The molecule has 0 bridgehead atoms. The van der Waals surface area contributed by atoms with Crippen LogP contribution in [-0.2, 0) is 26.3 Å². The summed E-state index contributed by atoms with van der Waals surface area (Å²) < 4.78 is 34.7. The molecule has 0 aliphatic carbocycles. The van der Waals surface area contributed by atoms with E-state index in [0.29, 0.717) is 12.4 Å². The number of likely N-dealkylation sites (N-methyl/N-ethyl adjacent to an activating group) is 1. The first-order chi connectivity index (χ1) is 12.3. The van der Waals surface area contributed by atoms with Crippen LogP contribution in [0.2, 0.25) is 0 Å². The van der Waals surface area contributed by atoms with Crippen LogP contribution < -0.4 is 5.32 Å². The molecule has 6 nitrogen and oxygen atoms in total. The van der Waals surface area contributed by atoms with Crippen LogP contribution in [0.15, 0.2) is 59.5 Å². The Morgan fingerprint density at radius 2 is 1.73 bits per heavy atom. The Labute approximate surface area is 159 Å². The second kappa shape index (κ2) is 11.0. The van der Waals surface area contributed by atoms with Gasteiger partial charge in [-0.3, -0.25) is 9.35 Å². The molecule has 0 heterocycles. The van der Waals surface area contributed by atoms with Crippen molar-refractivity contribution in [2.75, 3.05) is 12.8 Å². The zero-order valence-corrected chi connectivity index (χ0v) is 16.3. The Morgan fingerprint density at radius 1 is 1.15 bits per heavy atom. The van der Waals surface area contributed by atoms with E-state index in [2.05, 4.69) is 17.9 Å². The normalized spacial score (nSPS) is 11.8. The Hall–Kier alpha value is -1.87. The Morgan fingerprint density at radius 3 is 2.19 bits per heavy atom. The first kappa shape index (κ1) is 22.2. The van der Waals surface area contributed by atoms with Crippen molar-refractivity contribution in [1.29, 1.82) is 0 Å². The highest BCUT2D eigenvalue weighted by Gasteiger charge is 2.15. The fraction of sp³-hybridized carbons (Fsp3) is 0.278. The molecule has 0 aliphatic heterocycles. The van der Waals surface area contributed by atoms with Gasteiger partial charge in [-0.25, -0.2) is 0 Å². The molecule has 0 saturated carbocycles. The molecule has 2 N–H and O–H groups in total. The van der Waals surface area contributed by atoms with Crippen molar-refractivity contribution in [3.8, 4) is 0 Å². The van der Waals surface area contributed by atoms with Crippen LogP contribution in [0.4, 0.5) is 0 Å². The predicted octanol–water partition coefficient (Wildman–Crippen LogP) is 2.49. The zero-order valence-electron chi connectivity index (χ0n) is 14.6. The van der Waals surface area contributed by atoms with E-state index >= 15 is 0 Å². The Kier molecular flexibility index (Phi) is 9.36. The number of aryl methyl sites for hydroxylation is 1. The summed E-state index contributed by atoms with van der Waals surface area (Å²) in [4.78, 5) is 11.4. The Balaban J connectivity index is 0.000000273. The molecule has 2 aromatic carbocycles. The van der Waals surface area contributed by atoms with Crippen LogP contribution in [0.1, 0.15) is 11.1 Å². The largest absolute Gasteiger partial charge is 0.460 e. The molecule has 0 saturated heterocycles. The first-order valence-electron chi connectivity index (χ1n) is 7.80. The van der Waals surface area contributed by atoms with E-state index < -0.39 is 10.1 Å². The summed E-state index contributed by atoms with van der Waals surface area (Å²) in [6.45, 7) is 2.15. The number of nitrogens with one attached hydrogen (secondary N) is 1. The molecule has 0 unspecified atom stereocenters. The lowest BCUT2D eigenvalue weighted by atomic mass is 10.2. The molecular formula is C18H23NO5S2. The van der Waals surface area contributed by atoms with Crippen LogP contribution in [0, 0.1) is 6.92 Å². The van der Waals surface area contributed by atoms with Gasteiger partial charge in [0.1, 0.15) is 12.6 Å². The molecule has 0 fully saturated rings. The monoisotopic (exact) mass is 397 g/mol. The number of rotatable bonds is 6. The van der Waals surface area contributed by atoms with E-state index in [1.807, 2.05) is 37.3 Å². The van der Waals surface area contributed by atoms with Gasteiger partial charge in [-0.05, 0) is 31.7 Å². The summed E-state index contributed by atoms with van der Waals surface area (Å²) in [6.07, 6.45) is 0. The van der Waals surface area contributed by atoms with Gasteiger partial charge in [0.25, 0.3) is 10.1 Å². The molecule has 0 aromatic heterocycles. The summed E-state index contributed by atoms with van der Waals surface area (Å²) in [5.41, 5.74) is 1.94. The fourth-order valence-electron chi connectivity index (χ4n) is 1.82. The summed E-state index contributed by atoms with van der Waals surface area (Å²) in [6, 6.07) is 15.2. The highest BCUT2D eigenvalue weighted by Crippen LogP contribution is 2.08. The number of benzene rings is 2. The van der Waals surface area contributed by atoms with Crippen molar-refractivity contribution in [2.24, 2.45) is 0 Å². The average molecular weight is 398 g/mol. The second-order valence-corrected chi connectivity index (χ2v) is 7.19. The van der Waals surface area contributed by atoms with E-state index in [1.54, 1.807) is 19.2 Å². The maximum absolute atomic E-state index is 11.4. The van der Waals surface area contributed by atoms with Crippen molar-refractivity contribution < 1.29 is 22.5 Å². The van der Waals surface area contributed by atoms with Gasteiger partial charge < -0.3 is 10.1 Å². The topological polar surface area (TPSA) is 92.7 Å². The van der Waals surface area contributed by atoms with Crippen LogP contribution >= 0.6 is 12.6 Å². The van der Waals surface area contributed by atoms with Gasteiger partial charge >= 0.3 is 5.97 Å². The smallest absolute Gasteiger partial charge is 0.324 e. The van der Waals surface area contributed by atoms with E-state index in [0.717, 1.165) is 11.1 Å². The molecule has 142 valence electrons. The van der Waals surface area contributed by atoms with Crippen LogP contribution in [0.25, 0.3) is 0 Å². The third kappa shape index (κ3) is 8.01. The van der Waals surface area contributed by atoms with Crippen molar-refractivity contribution in [3.05, 3.63) is 65.7 Å². The molecule has 0 radical (unpaired) electrons. The van der Waals surface area contributed by atoms with Crippen molar-refractivity contribution in [3.63, 3.8) is 0 Å². The SMILES string of the molecule is CN[C@@H](CS)C(=O)OCc1ccccc1.Cc1ccc(S(=O)(=O)O)cc1. The van der Waals surface area contributed by atoms with Crippen LogP contribution in [-0.4, -0.2) is 37.8 Å². The molecule has 2 aromatic rings. The summed E-state index contributed by atoms with van der Waals surface area (Å²) in [5.74, 6) is 0.167.